The van der Waals surface area contributed by atoms with Crippen LogP contribution in [0.15, 0.2) is 5.10 Å². The van der Waals surface area contributed by atoms with E-state index in [1.54, 1.807) is 11.3 Å². The van der Waals surface area contributed by atoms with Gasteiger partial charge in [-0.3, -0.25) is 5.01 Å². The highest BCUT2D eigenvalue weighted by molar-refractivity contribution is 6.21. The van der Waals surface area contributed by atoms with Gasteiger partial charge in [0.2, 0.25) is 0 Å². The number of halogens is 1. The summed E-state index contributed by atoms with van der Waals surface area (Å²) in [5, 5.41) is 5.80. The third-order valence-corrected chi connectivity index (χ3v) is 2.16. The van der Waals surface area contributed by atoms with Crippen LogP contribution in [0.5, 0.6) is 0 Å². The van der Waals surface area contributed by atoms with E-state index in [1.165, 1.54) is 0 Å². The quantitative estimate of drug-likeness (QED) is 0.411. The molecule has 0 bridgehead atoms. The van der Waals surface area contributed by atoms with E-state index in [9.17, 15) is 0 Å². The van der Waals surface area contributed by atoms with Crippen LogP contribution in [0.4, 0.5) is 0 Å². The first kappa shape index (κ1) is 8.65. The number of nitrogens with zero attached hydrogens (tertiary/aromatic N) is 3. The van der Waals surface area contributed by atoms with Gasteiger partial charge in [-0.1, -0.05) is 11.6 Å². The minimum Gasteiger partial charge on any atom is -0.322 e. The fourth-order valence-electron chi connectivity index (χ4n) is 0.920. The van der Waals surface area contributed by atoms with Crippen molar-refractivity contribution in [2.75, 3.05) is 7.05 Å². The fourth-order valence-corrected chi connectivity index (χ4v) is 1.31. The molecule has 1 aliphatic heterocycles. The maximum atomic E-state index is 6.04. The van der Waals surface area contributed by atoms with Gasteiger partial charge in [-0.15, -0.1) is 0 Å². The molecule has 1 atom stereocenters. The lowest BCUT2D eigenvalue weighted by molar-refractivity contribution is 0.154. The zero-order valence-corrected chi connectivity index (χ0v) is 8.13. The Morgan fingerprint density at radius 1 is 1.45 bits per heavy atom. The lowest BCUT2D eigenvalue weighted by Gasteiger charge is -2.34. The molecule has 1 heterocycles. The maximum absolute atomic E-state index is 6.04. The molecule has 0 fully saturated rings. The monoisotopic (exact) mass is 175 g/mol. The predicted octanol–water partition coefficient (Wildman–Crippen LogP) is 1.50. The molecular formula is C7H14ClN3. The van der Waals surface area contributed by atoms with Crippen molar-refractivity contribution < 1.29 is 0 Å². The van der Waals surface area contributed by atoms with Gasteiger partial charge < -0.3 is 4.90 Å². The molecular weight excluding hydrogens is 162 g/mol. The molecule has 0 radical (unpaired) electrons. The molecule has 0 spiro atoms. The van der Waals surface area contributed by atoms with Gasteiger partial charge in [-0.25, -0.2) is 0 Å². The molecule has 0 saturated heterocycles. The SMILES string of the molecule is CN1N=CN(C(C)(C)C)C1Cl. The Morgan fingerprint density at radius 3 is 2.18 bits per heavy atom. The van der Waals surface area contributed by atoms with E-state index in [2.05, 4.69) is 25.9 Å². The number of hydrogen-bond donors (Lipinski definition) is 0. The van der Waals surface area contributed by atoms with Crippen molar-refractivity contribution >= 4 is 17.9 Å². The molecule has 64 valence electrons. The third-order valence-electron chi connectivity index (χ3n) is 1.67. The van der Waals surface area contributed by atoms with Gasteiger partial charge in [-0.05, 0) is 20.8 Å². The summed E-state index contributed by atoms with van der Waals surface area (Å²) in [5.41, 5.74) is -0.101. The van der Waals surface area contributed by atoms with Crippen molar-refractivity contribution in [3.05, 3.63) is 0 Å². The van der Waals surface area contributed by atoms with E-state index in [0.29, 0.717) is 0 Å². The van der Waals surface area contributed by atoms with Crippen LogP contribution in [-0.2, 0) is 0 Å². The first-order valence-corrected chi connectivity index (χ1v) is 4.06. The Balaban J connectivity index is 2.70. The van der Waals surface area contributed by atoms with Gasteiger partial charge in [0.15, 0.2) is 5.62 Å². The number of rotatable bonds is 0. The molecule has 0 saturated carbocycles. The highest BCUT2D eigenvalue weighted by atomic mass is 35.5. The summed E-state index contributed by atoms with van der Waals surface area (Å²) in [6.45, 7) is 6.31. The van der Waals surface area contributed by atoms with E-state index < -0.39 is 0 Å². The molecule has 0 aromatic carbocycles. The third kappa shape index (κ3) is 1.59. The van der Waals surface area contributed by atoms with Crippen LogP contribution in [0.3, 0.4) is 0 Å². The summed E-state index contributed by atoms with van der Waals surface area (Å²) < 4.78 is 0. The second kappa shape index (κ2) is 2.55. The van der Waals surface area contributed by atoms with Crippen LogP contribution in [0.1, 0.15) is 20.8 Å². The highest BCUT2D eigenvalue weighted by Gasteiger charge is 2.31. The van der Waals surface area contributed by atoms with Crippen LogP contribution < -0.4 is 0 Å². The largest absolute Gasteiger partial charge is 0.322 e. The Kier molecular flexibility index (Phi) is 2.01. The zero-order chi connectivity index (χ0) is 8.65. The summed E-state index contributed by atoms with van der Waals surface area (Å²) in [4.78, 5) is 2.01. The molecule has 1 rings (SSSR count). The van der Waals surface area contributed by atoms with Crippen molar-refractivity contribution in [2.24, 2.45) is 5.10 Å². The second-order valence-electron chi connectivity index (χ2n) is 3.69. The molecule has 0 aliphatic carbocycles. The Hall–Kier alpha value is -0.440. The zero-order valence-electron chi connectivity index (χ0n) is 7.37. The van der Waals surface area contributed by atoms with Crippen LogP contribution >= 0.6 is 11.6 Å². The topological polar surface area (TPSA) is 18.8 Å². The number of alkyl halides is 1. The van der Waals surface area contributed by atoms with Gasteiger partial charge in [0, 0.05) is 12.6 Å². The Labute approximate surface area is 72.6 Å². The van der Waals surface area contributed by atoms with Crippen LogP contribution in [0, 0.1) is 0 Å². The average Bonchev–Trinajstić information content (AvgIpc) is 2.11. The molecule has 1 aliphatic rings. The van der Waals surface area contributed by atoms with Crippen LogP contribution in [-0.4, -0.2) is 34.5 Å². The van der Waals surface area contributed by atoms with Gasteiger partial charge in [-0.2, -0.15) is 5.10 Å². The van der Waals surface area contributed by atoms with Crippen molar-refractivity contribution in [2.45, 2.75) is 31.9 Å². The molecule has 11 heavy (non-hydrogen) atoms. The van der Waals surface area contributed by atoms with Crippen molar-refractivity contribution in [1.29, 1.82) is 0 Å². The van der Waals surface area contributed by atoms with Crippen LogP contribution in [0.2, 0.25) is 0 Å². The summed E-state index contributed by atoms with van der Waals surface area (Å²) in [5.74, 6) is 0. The summed E-state index contributed by atoms with van der Waals surface area (Å²) in [6, 6.07) is 0. The first-order chi connectivity index (χ1) is 4.93. The van der Waals surface area contributed by atoms with E-state index >= 15 is 0 Å². The van der Waals surface area contributed by atoms with Crippen molar-refractivity contribution in [3.8, 4) is 0 Å². The lowest BCUT2D eigenvalue weighted by atomic mass is 10.1. The number of hydrazone groups is 1. The molecule has 4 heteroatoms. The first-order valence-electron chi connectivity index (χ1n) is 3.62. The smallest absolute Gasteiger partial charge is 0.195 e. The van der Waals surface area contributed by atoms with Gasteiger partial charge >= 0.3 is 0 Å². The van der Waals surface area contributed by atoms with E-state index in [-0.39, 0.29) is 11.2 Å². The van der Waals surface area contributed by atoms with E-state index in [4.69, 9.17) is 11.6 Å². The lowest BCUT2D eigenvalue weighted by Crippen LogP contribution is -2.45. The summed E-state index contributed by atoms with van der Waals surface area (Å²) in [6.07, 6.45) is 1.78. The molecule has 0 aromatic heterocycles. The van der Waals surface area contributed by atoms with Gasteiger partial charge in [0.25, 0.3) is 0 Å². The Bertz CT molecular complexity index is 173. The molecule has 3 nitrogen and oxygen atoms in total. The maximum Gasteiger partial charge on any atom is 0.195 e. The normalized spacial score (nSPS) is 25.0. The predicted molar refractivity (Wildman–Crippen MR) is 47.5 cm³/mol. The standard InChI is InChI=1S/C7H14ClN3/c1-7(2,3)11-5-9-10(4)6(11)8/h5-6H,1-4H3. The van der Waals surface area contributed by atoms with Gasteiger partial charge in [0.1, 0.15) is 6.34 Å². The van der Waals surface area contributed by atoms with Crippen molar-refractivity contribution in [1.82, 2.24) is 9.91 Å². The van der Waals surface area contributed by atoms with Crippen molar-refractivity contribution in [3.63, 3.8) is 0 Å². The molecule has 0 N–H and O–H groups in total. The minimum atomic E-state index is -0.144. The highest BCUT2D eigenvalue weighted by Crippen LogP contribution is 2.23. The van der Waals surface area contributed by atoms with Gasteiger partial charge in [0.05, 0.1) is 0 Å². The summed E-state index contributed by atoms with van der Waals surface area (Å²) in [7, 11) is 1.86. The molecule has 0 aromatic rings. The molecule has 0 amide bonds. The molecule has 1 unspecified atom stereocenters. The fraction of sp³-hybridized carbons (Fsp3) is 0.857. The van der Waals surface area contributed by atoms with E-state index in [0.717, 1.165) is 0 Å². The Morgan fingerprint density at radius 2 is 2.00 bits per heavy atom. The van der Waals surface area contributed by atoms with Crippen LogP contribution in [0.25, 0.3) is 0 Å². The average molecular weight is 176 g/mol. The second-order valence-corrected chi connectivity index (χ2v) is 4.08. The minimum absolute atomic E-state index is 0.0423. The summed E-state index contributed by atoms with van der Waals surface area (Å²) >= 11 is 6.04. The van der Waals surface area contributed by atoms with E-state index in [1.807, 2.05) is 11.9 Å². The number of hydrogen-bond acceptors (Lipinski definition) is 3.